The van der Waals surface area contributed by atoms with Crippen LogP contribution in [0.5, 0.6) is 0 Å². The van der Waals surface area contributed by atoms with E-state index in [1.165, 1.54) is 6.20 Å². The van der Waals surface area contributed by atoms with Crippen LogP contribution in [0.4, 0.5) is 0 Å². The lowest BCUT2D eigenvalue weighted by molar-refractivity contribution is -0.118. The lowest BCUT2D eigenvalue weighted by Crippen LogP contribution is -2.35. The van der Waals surface area contributed by atoms with E-state index < -0.39 is 5.91 Å². The Kier molecular flexibility index (Phi) is 4.45. The van der Waals surface area contributed by atoms with E-state index in [0.717, 1.165) is 5.69 Å². The highest BCUT2D eigenvalue weighted by molar-refractivity contribution is 6.33. The molecular formula is C11H14ClN3O2. The van der Waals surface area contributed by atoms with Crippen LogP contribution >= 0.6 is 11.6 Å². The van der Waals surface area contributed by atoms with E-state index in [9.17, 15) is 9.59 Å². The molecule has 0 aromatic carbocycles. The van der Waals surface area contributed by atoms with Crippen molar-refractivity contribution < 1.29 is 9.59 Å². The Morgan fingerprint density at radius 1 is 1.59 bits per heavy atom. The van der Waals surface area contributed by atoms with Crippen molar-refractivity contribution in [2.75, 3.05) is 0 Å². The summed E-state index contributed by atoms with van der Waals surface area (Å²) in [5.41, 5.74) is 6.05. The van der Waals surface area contributed by atoms with Gasteiger partial charge in [-0.1, -0.05) is 11.6 Å². The second-order valence-corrected chi connectivity index (χ2v) is 4.26. The molecule has 1 unspecified atom stereocenters. The first-order valence-electron chi connectivity index (χ1n) is 5.11. The molecule has 17 heavy (non-hydrogen) atoms. The van der Waals surface area contributed by atoms with Crippen molar-refractivity contribution in [3.63, 3.8) is 0 Å². The Bertz CT molecular complexity index is 448. The number of nitrogens with one attached hydrogen (secondary N) is 1. The minimum absolute atomic E-state index is 0.0860. The third-order valence-corrected chi connectivity index (χ3v) is 2.43. The first kappa shape index (κ1) is 13.4. The first-order chi connectivity index (χ1) is 7.90. The van der Waals surface area contributed by atoms with Crippen LogP contribution in [0, 0.1) is 6.92 Å². The molecule has 2 amide bonds. The minimum atomic E-state index is -0.467. The first-order valence-corrected chi connectivity index (χ1v) is 5.49. The molecule has 0 radical (unpaired) electrons. The molecule has 92 valence electrons. The molecule has 0 spiro atoms. The fourth-order valence-electron chi connectivity index (χ4n) is 1.35. The fraction of sp³-hybridized carbons (Fsp3) is 0.364. The van der Waals surface area contributed by atoms with Crippen LogP contribution in [0.1, 0.15) is 29.4 Å². The second kappa shape index (κ2) is 5.63. The van der Waals surface area contributed by atoms with Crippen molar-refractivity contribution in [1.82, 2.24) is 10.3 Å². The average molecular weight is 256 g/mol. The van der Waals surface area contributed by atoms with E-state index in [0.29, 0.717) is 5.02 Å². The number of rotatable bonds is 4. The summed E-state index contributed by atoms with van der Waals surface area (Å²) in [5.74, 6) is -0.831. The van der Waals surface area contributed by atoms with Crippen molar-refractivity contribution in [1.29, 1.82) is 0 Å². The highest BCUT2D eigenvalue weighted by Crippen LogP contribution is 2.15. The predicted molar refractivity (Wildman–Crippen MR) is 64.7 cm³/mol. The summed E-state index contributed by atoms with van der Waals surface area (Å²) in [6.07, 6.45) is 1.49. The van der Waals surface area contributed by atoms with Crippen LogP contribution in [-0.2, 0) is 4.79 Å². The van der Waals surface area contributed by atoms with Gasteiger partial charge in [0.2, 0.25) is 5.91 Å². The number of nitrogens with two attached hydrogens (primary N) is 1. The summed E-state index contributed by atoms with van der Waals surface area (Å²) in [5, 5.41) is 2.96. The van der Waals surface area contributed by atoms with Gasteiger partial charge in [-0.05, 0) is 19.9 Å². The zero-order valence-corrected chi connectivity index (χ0v) is 10.4. The number of nitrogens with zero attached hydrogens (tertiary/aromatic N) is 1. The summed E-state index contributed by atoms with van der Waals surface area (Å²) in [4.78, 5) is 26.4. The molecule has 1 rings (SSSR count). The highest BCUT2D eigenvalue weighted by atomic mass is 35.5. The minimum Gasteiger partial charge on any atom is -0.370 e. The maximum absolute atomic E-state index is 11.8. The molecule has 0 aliphatic carbocycles. The van der Waals surface area contributed by atoms with Crippen LogP contribution in [0.15, 0.2) is 12.3 Å². The van der Waals surface area contributed by atoms with Gasteiger partial charge in [0.1, 0.15) is 0 Å². The van der Waals surface area contributed by atoms with E-state index in [1.54, 1.807) is 19.9 Å². The molecule has 0 saturated heterocycles. The van der Waals surface area contributed by atoms with Crippen LogP contribution in [-0.4, -0.2) is 22.8 Å². The smallest absolute Gasteiger partial charge is 0.254 e. The van der Waals surface area contributed by atoms with Crippen LogP contribution in [0.2, 0.25) is 5.02 Å². The normalized spacial score (nSPS) is 11.9. The van der Waals surface area contributed by atoms with Crippen molar-refractivity contribution in [3.05, 3.63) is 28.5 Å². The lowest BCUT2D eigenvalue weighted by atomic mass is 10.2. The molecule has 5 nitrogen and oxygen atoms in total. The number of hydrogen-bond donors (Lipinski definition) is 2. The van der Waals surface area contributed by atoms with Gasteiger partial charge in [0, 0.05) is 24.4 Å². The topological polar surface area (TPSA) is 85.1 Å². The highest BCUT2D eigenvalue weighted by Gasteiger charge is 2.14. The van der Waals surface area contributed by atoms with Gasteiger partial charge in [-0.25, -0.2) is 0 Å². The van der Waals surface area contributed by atoms with Crippen molar-refractivity contribution >= 4 is 23.4 Å². The van der Waals surface area contributed by atoms with Crippen LogP contribution < -0.4 is 11.1 Å². The Balaban J connectivity index is 2.73. The zero-order chi connectivity index (χ0) is 13.0. The second-order valence-electron chi connectivity index (χ2n) is 3.85. The van der Waals surface area contributed by atoms with E-state index in [4.69, 9.17) is 17.3 Å². The standard InChI is InChI=1S/C11H14ClN3O2/c1-6-3-9(12)8(5-14-6)11(17)15-7(2)4-10(13)16/h3,5,7H,4H2,1-2H3,(H2,13,16)(H,15,17). The monoisotopic (exact) mass is 255 g/mol. The largest absolute Gasteiger partial charge is 0.370 e. The van der Waals surface area contributed by atoms with E-state index >= 15 is 0 Å². The van der Waals surface area contributed by atoms with E-state index in [-0.39, 0.29) is 23.9 Å². The summed E-state index contributed by atoms with van der Waals surface area (Å²) in [7, 11) is 0. The summed E-state index contributed by atoms with van der Waals surface area (Å²) >= 11 is 5.92. The van der Waals surface area contributed by atoms with Gasteiger partial charge >= 0.3 is 0 Å². The molecule has 6 heteroatoms. The fourth-order valence-corrected chi connectivity index (χ4v) is 1.64. The maximum atomic E-state index is 11.8. The molecule has 0 bridgehead atoms. The number of amides is 2. The third kappa shape index (κ3) is 4.03. The Morgan fingerprint density at radius 2 is 2.24 bits per heavy atom. The maximum Gasteiger partial charge on any atom is 0.254 e. The van der Waals surface area contributed by atoms with E-state index in [2.05, 4.69) is 10.3 Å². The van der Waals surface area contributed by atoms with Gasteiger partial charge in [-0.3, -0.25) is 14.6 Å². The molecule has 1 heterocycles. The summed E-state index contributed by atoms with van der Waals surface area (Å²) < 4.78 is 0. The zero-order valence-electron chi connectivity index (χ0n) is 9.66. The van der Waals surface area contributed by atoms with Crippen LogP contribution in [0.3, 0.4) is 0 Å². The molecule has 1 aromatic heterocycles. The molecule has 3 N–H and O–H groups in total. The predicted octanol–water partition coefficient (Wildman–Crippen LogP) is 1.04. The molecule has 0 saturated carbocycles. The number of primary amides is 1. The molecule has 1 atom stereocenters. The number of halogens is 1. The Labute approximate surface area is 104 Å². The SMILES string of the molecule is Cc1cc(Cl)c(C(=O)NC(C)CC(N)=O)cn1. The molecular weight excluding hydrogens is 242 g/mol. The molecule has 0 aliphatic rings. The summed E-state index contributed by atoms with van der Waals surface area (Å²) in [6, 6.07) is 1.27. The van der Waals surface area contributed by atoms with Crippen LogP contribution in [0.25, 0.3) is 0 Å². The quantitative estimate of drug-likeness (QED) is 0.843. The number of pyridine rings is 1. The number of carbonyl (C=O) groups excluding carboxylic acids is 2. The van der Waals surface area contributed by atoms with Crippen molar-refractivity contribution in [2.45, 2.75) is 26.3 Å². The van der Waals surface area contributed by atoms with Crippen molar-refractivity contribution in [2.24, 2.45) is 5.73 Å². The van der Waals surface area contributed by atoms with Gasteiger partial charge in [0.25, 0.3) is 5.91 Å². The Morgan fingerprint density at radius 3 is 2.76 bits per heavy atom. The number of aryl methyl sites for hydroxylation is 1. The number of carbonyl (C=O) groups is 2. The Hall–Kier alpha value is -1.62. The van der Waals surface area contributed by atoms with Crippen molar-refractivity contribution in [3.8, 4) is 0 Å². The third-order valence-electron chi connectivity index (χ3n) is 2.12. The molecule has 0 fully saturated rings. The lowest BCUT2D eigenvalue weighted by Gasteiger charge is -2.12. The molecule has 1 aromatic rings. The van der Waals surface area contributed by atoms with Gasteiger partial charge < -0.3 is 11.1 Å². The van der Waals surface area contributed by atoms with Gasteiger partial charge in [0.15, 0.2) is 0 Å². The molecule has 0 aliphatic heterocycles. The van der Waals surface area contributed by atoms with Gasteiger partial charge in [-0.15, -0.1) is 0 Å². The van der Waals surface area contributed by atoms with E-state index in [1.807, 2.05) is 0 Å². The summed E-state index contributed by atoms with van der Waals surface area (Å²) in [6.45, 7) is 3.47. The number of hydrogen-bond acceptors (Lipinski definition) is 3. The number of aromatic nitrogens is 1. The average Bonchev–Trinajstić information content (AvgIpc) is 2.15. The van der Waals surface area contributed by atoms with Gasteiger partial charge in [0.05, 0.1) is 10.6 Å². The van der Waals surface area contributed by atoms with Gasteiger partial charge in [-0.2, -0.15) is 0 Å².